The third kappa shape index (κ3) is 2.91. The highest BCUT2D eigenvalue weighted by atomic mass is 16.2. The van der Waals surface area contributed by atoms with Crippen molar-refractivity contribution in [1.82, 2.24) is 15.1 Å². The van der Waals surface area contributed by atoms with Gasteiger partial charge in [0.25, 0.3) is 0 Å². The van der Waals surface area contributed by atoms with Gasteiger partial charge in [-0.05, 0) is 43.4 Å². The van der Waals surface area contributed by atoms with Crippen LogP contribution in [0.4, 0.5) is 10.5 Å². The summed E-state index contributed by atoms with van der Waals surface area (Å²) in [5.74, 6) is 0.0694. The van der Waals surface area contributed by atoms with E-state index in [-0.39, 0.29) is 29.9 Å². The zero-order valence-electron chi connectivity index (χ0n) is 14.9. The number of amides is 4. The van der Waals surface area contributed by atoms with E-state index in [1.807, 2.05) is 24.3 Å². The van der Waals surface area contributed by atoms with E-state index in [4.69, 9.17) is 0 Å². The number of aryl methyl sites for hydroxylation is 1. The Hall–Kier alpha value is -2.57. The average Bonchev–Trinajstić information content (AvgIpc) is 3.27. The van der Waals surface area contributed by atoms with E-state index < -0.39 is 6.04 Å². The number of urea groups is 1. The summed E-state index contributed by atoms with van der Waals surface area (Å²) in [5, 5.41) is 5.75. The van der Waals surface area contributed by atoms with Gasteiger partial charge in [0.2, 0.25) is 11.8 Å². The summed E-state index contributed by atoms with van der Waals surface area (Å²) < 4.78 is 0. The van der Waals surface area contributed by atoms with Crippen molar-refractivity contribution < 1.29 is 14.4 Å². The summed E-state index contributed by atoms with van der Waals surface area (Å²) in [6, 6.07) is 6.49. The van der Waals surface area contributed by atoms with E-state index in [9.17, 15) is 14.4 Å². The highest BCUT2D eigenvalue weighted by Crippen LogP contribution is 2.32. The first kappa shape index (κ1) is 16.9. The monoisotopic (exact) mass is 356 g/mol. The van der Waals surface area contributed by atoms with Crippen LogP contribution in [0.5, 0.6) is 0 Å². The van der Waals surface area contributed by atoms with Crippen LogP contribution < -0.4 is 10.6 Å². The maximum Gasteiger partial charge on any atom is 0.319 e. The van der Waals surface area contributed by atoms with Gasteiger partial charge in [0, 0.05) is 18.8 Å². The number of hydrogen-bond acceptors (Lipinski definition) is 3. The van der Waals surface area contributed by atoms with Crippen LogP contribution in [0.2, 0.25) is 0 Å². The van der Waals surface area contributed by atoms with Gasteiger partial charge in [-0.1, -0.05) is 19.1 Å². The van der Waals surface area contributed by atoms with Gasteiger partial charge in [-0.25, -0.2) is 4.79 Å². The average molecular weight is 356 g/mol. The molecule has 0 saturated carbocycles. The fourth-order valence-corrected chi connectivity index (χ4v) is 4.31. The van der Waals surface area contributed by atoms with Crippen molar-refractivity contribution in [3.8, 4) is 0 Å². The van der Waals surface area contributed by atoms with Gasteiger partial charge >= 0.3 is 6.03 Å². The summed E-state index contributed by atoms with van der Waals surface area (Å²) in [6.45, 7) is 3.14. The van der Waals surface area contributed by atoms with Crippen molar-refractivity contribution in [2.75, 3.05) is 18.4 Å². The second kappa shape index (κ2) is 6.63. The van der Waals surface area contributed by atoms with E-state index in [2.05, 4.69) is 17.6 Å². The maximum absolute atomic E-state index is 12.6. The molecule has 0 aromatic heterocycles. The number of rotatable bonds is 3. The second-order valence-electron chi connectivity index (χ2n) is 7.28. The van der Waals surface area contributed by atoms with Crippen LogP contribution in [0.1, 0.15) is 31.7 Å². The molecule has 138 valence electrons. The first-order valence-electron chi connectivity index (χ1n) is 9.34. The van der Waals surface area contributed by atoms with Gasteiger partial charge in [0.05, 0.1) is 6.04 Å². The number of benzene rings is 1. The number of fused-ring (bicyclic) bond motifs is 2. The van der Waals surface area contributed by atoms with Gasteiger partial charge in [0.1, 0.15) is 12.1 Å². The molecule has 4 amide bonds. The summed E-state index contributed by atoms with van der Waals surface area (Å²) in [6.07, 6.45) is 3.03. The van der Waals surface area contributed by atoms with Crippen LogP contribution in [0.25, 0.3) is 0 Å². The van der Waals surface area contributed by atoms with E-state index in [1.165, 1.54) is 0 Å². The molecular weight excluding hydrogens is 332 g/mol. The van der Waals surface area contributed by atoms with Crippen LogP contribution in [-0.2, 0) is 16.0 Å². The van der Waals surface area contributed by atoms with Crippen LogP contribution in [0, 0.1) is 0 Å². The number of carbonyl (C=O) groups is 3. The van der Waals surface area contributed by atoms with Crippen LogP contribution in [-0.4, -0.2) is 58.9 Å². The molecule has 1 aromatic rings. The van der Waals surface area contributed by atoms with Gasteiger partial charge in [-0.2, -0.15) is 0 Å². The smallest absolute Gasteiger partial charge is 0.319 e. The van der Waals surface area contributed by atoms with Crippen molar-refractivity contribution in [1.29, 1.82) is 0 Å². The molecule has 3 saturated heterocycles. The van der Waals surface area contributed by atoms with Crippen LogP contribution >= 0.6 is 0 Å². The third-order valence-corrected chi connectivity index (χ3v) is 5.62. The number of anilines is 1. The lowest BCUT2D eigenvalue weighted by Gasteiger charge is -2.38. The fraction of sp³-hybridized carbons (Fsp3) is 0.526. The molecule has 0 unspecified atom stereocenters. The number of carbonyl (C=O) groups excluding carboxylic acids is 3. The molecule has 0 spiro atoms. The zero-order chi connectivity index (χ0) is 18.3. The summed E-state index contributed by atoms with van der Waals surface area (Å²) in [5.41, 5.74) is 1.89. The van der Waals surface area contributed by atoms with Crippen molar-refractivity contribution in [2.45, 2.75) is 50.7 Å². The van der Waals surface area contributed by atoms with Crippen LogP contribution in [0.15, 0.2) is 24.3 Å². The van der Waals surface area contributed by atoms with Gasteiger partial charge in [-0.15, -0.1) is 0 Å². The maximum atomic E-state index is 12.6. The molecule has 0 aliphatic carbocycles. The molecule has 2 N–H and O–H groups in total. The van der Waals surface area contributed by atoms with Crippen molar-refractivity contribution in [3.05, 3.63) is 29.8 Å². The molecule has 3 atom stereocenters. The highest BCUT2D eigenvalue weighted by molar-refractivity contribution is 5.98. The summed E-state index contributed by atoms with van der Waals surface area (Å²) in [4.78, 5) is 41.0. The number of nitrogens with one attached hydrogen (secondary N) is 2. The molecule has 3 aliphatic heterocycles. The van der Waals surface area contributed by atoms with Crippen molar-refractivity contribution in [2.24, 2.45) is 0 Å². The SMILES string of the molecule is CCc1cccc(NC(=O)N[C@H]2C[C@H]3C(=O)N4CCC[C@@H]4C(=O)N3C2)c1. The minimum Gasteiger partial charge on any atom is -0.333 e. The Kier molecular flexibility index (Phi) is 4.30. The topological polar surface area (TPSA) is 81.8 Å². The van der Waals surface area contributed by atoms with Gasteiger partial charge < -0.3 is 20.4 Å². The minimum absolute atomic E-state index is 0.0347. The van der Waals surface area contributed by atoms with Gasteiger partial charge in [0.15, 0.2) is 0 Å². The van der Waals surface area contributed by atoms with E-state index >= 15 is 0 Å². The Morgan fingerprint density at radius 1 is 1.19 bits per heavy atom. The Labute approximate surface area is 152 Å². The van der Waals surface area contributed by atoms with Gasteiger partial charge in [-0.3, -0.25) is 9.59 Å². The molecule has 3 heterocycles. The quantitative estimate of drug-likeness (QED) is 0.858. The molecule has 0 radical (unpaired) electrons. The zero-order valence-corrected chi connectivity index (χ0v) is 14.9. The third-order valence-electron chi connectivity index (χ3n) is 5.62. The lowest BCUT2D eigenvalue weighted by molar-refractivity contribution is -0.156. The molecule has 7 nitrogen and oxygen atoms in total. The number of nitrogens with zero attached hydrogens (tertiary/aromatic N) is 2. The first-order chi connectivity index (χ1) is 12.6. The van der Waals surface area contributed by atoms with Crippen LogP contribution in [0.3, 0.4) is 0 Å². The molecule has 0 bridgehead atoms. The largest absolute Gasteiger partial charge is 0.333 e. The Balaban J connectivity index is 1.39. The molecule has 3 fully saturated rings. The molecule has 26 heavy (non-hydrogen) atoms. The summed E-state index contributed by atoms with van der Waals surface area (Å²) >= 11 is 0. The Bertz CT molecular complexity index is 720. The predicted octanol–water partition coefficient (Wildman–Crippen LogP) is 1.34. The van der Waals surface area contributed by atoms with E-state index in [0.717, 1.165) is 30.5 Å². The number of piperazine rings is 1. The summed E-state index contributed by atoms with van der Waals surface area (Å²) in [7, 11) is 0. The normalized spacial score (nSPS) is 27.3. The number of hydrogen-bond donors (Lipinski definition) is 2. The lowest BCUT2D eigenvalue weighted by Crippen LogP contribution is -2.60. The van der Waals surface area contributed by atoms with E-state index in [1.54, 1.807) is 9.80 Å². The second-order valence-corrected chi connectivity index (χ2v) is 7.28. The highest BCUT2D eigenvalue weighted by Gasteiger charge is 2.51. The lowest BCUT2D eigenvalue weighted by atomic mass is 10.1. The first-order valence-corrected chi connectivity index (χ1v) is 9.34. The minimum atomic E-state index is -0.425. The van der Waals surface area contributed by atoms with E-state index in [0.29, 0.717) is 19.5 Å². The molecule has 3 aliphatic rings. The predicted molar refractivity (Wildman–Crippen MR) is 96.6 cm³/mol. The van der Waals surface area contributed by atoms with Crippen molar-refractivity contribution >= 4 is 23.5 Å². The molecule has 7 heteroatoms. The fourth-order valence-electron chi connectivity index (χ4n) is 4.31. The molecule has 1 aromatic carbocycles. The Morgan fingerprint density at radius 3 is 2.81 bits per heavy atom. The molecular formula is C19H24N4O3. The standard InChI is InChI=1S/C19H24N4O3/c1-2-12-5-3-6-13(9-12)20-19(26)21-14-10-16-18(25)22-8-4-7-15(22)17(24)23(16)11-14/h3,5-6,9,14-16H,2,4,7-8,10-11H2,1H3,(H2,20,21,26)/t14-,15+,16-/m0/s1. The molecule has 4 rings (SSSR count). The van der Waals surface area contributed by atoms with Crippen molar-refractivity contribution in [3.63, 3.8) is 0 Å². The Morgan fingerprint density at radius 2 is 2.00 bits per heavy atom.